The first kappa shape index (κ1) is 14.9. The van der Waals surface area contributed by atoms with Crippen molar-refractivity contribution in [3.05, 3.63) is 35.1 Å². The Labute approximate surface area is 118 Å². The zero-order valence-electron chi connectivity index (χ0n) is 12.0. The van der Waals surface area contributed by atoms with Gasteiger partial charge >= 0.3 is 5.97 Å². The number of benzene rings is 1. The number of carboxylic acid groups (broad SMARTS) is 1. The van der Waals surface area contributed by atoms with Gasteiger partial charge in [-0.05, 0) is 44.5 Å². The highest BCUT2D eigenvalue weighted by atomic mass is 19.1. The van der Waals surface area contributed by atoms with Crippen molar-refractivity contribution in [2.24, 2.45) is 0 Å². The lowest BCUT2D eigenvalue weighted by molar-refractivity contribution is -0.130. The van der Waals surface area contributed by atoms with Crippen molar-refractivity contribution in [2.75, 3.05) is 13.1 Å². The second-order valence-corrected chi connectivity index (χ2v) is 5.96. The summed E-state index contributed by atoms with van der Waals surface area (Å²) in [5, 5.41) is 9.18. The van der Waals surface area contributed by atoms with Crippen LogP contribution in [0.3, 0.4) is 0 Å². The maximum absolute atomic E-state index is 13.4. The summed E-state index contributed by atoms with van der Waals surface area (Å²) in [6, 6.07) is 3.80. The van der Waals surface area contributed by atoms with Gasteiger partial charge in [-0.1, -0.05) is 0 Å². The van der Waals surface area contributed by atoms with E-state index in [0.717, 1.165) is 0 Å². The van der Waals surface area contributed by atoms with Crippen LogP contribution in [0.1, 0.15) is 36.7 Å². The van der Waals surface area contributed by atoms with E-state index in [1.807, 2.05) is 20.8 Å². The summed E-state index contributed by atoms with van der Waals surface area (Å²) in [5.41, 5.74) is 0.375. The van der Waals surface area contributed by atoms with E-state index in [1.54, 1.807) is 0 Å². The summed E-state index contributed by atoms with van der Waals surface area (Å²) in [4.78, 5) is 13.3. The quantitative estimate of drug-likeness (QED) is 0.925. The molecule has 1 aliphatic rings. The van der Waals surface area contributed by atoms with Crippen LogP contribution in [0.5, 0.6) is 0 Å². The van der Waals surface area contributed by atoms with Gasteiger partial charge < -0.3 is 9.84 Å². The van der Waals surface area contributed by atoms with Gasteiger partial charge in [0.2, 0.25) is 0 Å². The Balaban J connectivity index is 2.21. The molecule has 2 rings (SSSR count). The summed E-state index contributed by atoms with van der Waals surface area (Å²) in [6.07, 6.45) is 0.0700. The van der Waals surface area contributed by atoms with E-state index in [9.17, 15) is 14.3 Å². The van der Waals surface area contributed by atoms with Gasteiger partial charge in [-0.25, -0.2) is 9.18 Å². The number of aromatic carboxylic acids is 1. The summed E-state index contributed by atoms with van der Waals surface area (Å²) in [5.74, 6) is -1.44. The van der Waals surface area contributed by atoms with Crippen LogP contribution in [0, 0.1) is 5.82 Å². The van der Waals surface area contributed by atoms with Crippen LogP contribution in [0.4, 0.5) is 4.39 Å². The fraction of sp³-hybridized carbons (Fsp3) is 0.533. The summed E-state index contributed by atoms with van der Waals surface area (Å²) < 4.78 is 19.2. The Kier molecular flexibility index (Phi) is 4.11. The molecule has 1 unspecified atom stereocenters. The van der Waals surface area contributed by atoms with Gasteiger partial charge in [0.05, 0.1) is 17.3 Å². The molecule has 0 spiro atoms. The minimum Gasteiger partial charge on any atom is -0.478 e. The molecule has 4 nitrogen and oxygen atoms in total. The third-order valence-electron chi connectivity index (χ3n) is 3.33. The predicted molar refractivity (Wildman–Crippen MR) is 73.3 cm³/mol. The fourth-order valence-corrected chi connectivity index (χ4v) is 2.85. The highest BCUT2D eigenvalue weighted by molar-refractivity contribution is 5.89. The minimum absolute atomic E-state index is 0.0700. The minimum atomic E-state index is -1.03. The van der Waals surface area contributed by atoms with E-state index in [2.05, 4.69) is 4.90 Å². The lowest BCUT2D eigenvalue weighted by Gasteiger charge is -2.41. The number of halogens is 1. The van der Waals surface area contributed by atoms with Crippen molar-refractivity contribution in [2.45, 2.75) is 39.0 Å². The summed E-state index contributed by atoms with van der Waals surface area (Å²) >= 11 is 0. The van der Waals surface area contributed by atoms with Gasteiger partial charge in [-0.3, -0.25) is 4.90 Å². The van der Waals surface area contributed by atoms with Crippen LogP contribution in [0.2, 0.25) is 0 Å². The first-order valence-electron chi connectivity index (χ1n) is 6.69. The van der Waals surface area contributed by atoms with Gasteiger partial charge in [-0.15, -0.1) is 0 Å². The normalized spacial score (nSPS) is 22.7. The Morgan fingerprint density at radius 1 is 1.55 bits per heavy atom. The van der Waals surface area contributed by atoms with E-state index in [1.165, 1.54) is 18.2 Å². The number of carboxylic acids is 1. The molecule has 1 aliphatic heterocycles. The summed E-state index contributed by atoms with van der Waals surface area (Å²) in [7, 11) is 0. The van der Waals surface area contributed by atoms with Crippen molar-refractivity contribution in [3.8, 4) is 0 Å². The first-order chi connectivity index (χ1) is 9.27. The van der Waals surface area contributed by atoms with Crippen LogP contribution >= 0.6 is 0 Å². The zero-order chi connectivity index (χ0) is 14.9. The number of carbonyl (C=O) groups is 1. The zero-order valence-corrected chi connectivity index (χ0v) is 12.0. The Hall–Kier alpha value is -1.46. The van der Waals surface area contributed by atoms with E-state index >= 15 is 0 Å². The average Bonchev–Trinajstić information content (AvgIpc) is 2.25. The molecule has 1 atom stereocenters. The van der Waals surface area contributed by atoms with Crippen LogP contribution in [0.15, 0.2) is 18.2 Å². The van der Waals surface area contributed by atoms with Crippen molar-refractivity contribution < 1.29 is 19.0 Å². The standard InChI is InChI=1S/C15H20FNO3/c1-10-7-17(9-15(2,3)20-10)8-11-6-12(16)4-5-13(11)14(18)19/h4-6,10H,7-9H2,1-3H3,(H,18,19). The molecule has 0 aliphatic carbocycles. The lowest BCUT2D eigenvalue weighted by Crippen LogP contribution is -2.51. The third kappa shape index (κ3) is 3.55. The van der Waals surface area contributed by atoms with Crippen molar-refractivity contribution in [1.82, 2.24) is 4.90 Å². The van der Waals surface area contributed by atoms with Gasteiger partial charge in [0.15, 0.2) is 0 Å². The molecule has 1 saturated heterocycles. The van der Waals surface area contributed by atoms with Gasteiger partial charge in [-0.2, -0.15) is 0 Å². The van der Waals surface area contributed by atoms with Crippen LogP contribution < -0.4 is 0 Å². The smallest absolute Gasteiger partial charge is 0.336 e. The molecule has 1 N–H and O–H groups in total. The Morgan fingerprint density at radius 2 is 2.25 bits per heavy atom. The molecule has 0 bridgehead atoms. The summed E-state index contributed by atoms with van der Waals surface area (Å²) in [6.45, 7) is 7.79. The maximum atomic E-state index is 13.4. The van der Waals surface area contributed by atoms with Crippen molar-refractivity contribution in [3.63, 3.8) is 0 Å². The average molecular weight is 281 g/mol. The molecule has 1 aromatic rings. The first-order valence-corrected chi connectivity index (χ1v) is 6.69. The molecule has 1 heterocycles. The monoisotopic (exact) mass is 281 g/mol. The third-order valence-corrected chi connectivity index (χ3v) is 3.33. The van der Waals surface area contributed by atoms with Gasteiger partial charge in [0.1, 0.15) is 5.82 Å². The molecule has 5 heteroatoms. The van der Waals surface area contributed by atoms with E-state index < -0.39 is 11.8 Å². The fourth-order valence-electron chi connectivity index (χ4n) is 2.85. The van der Waals surface area contributed by atoms with Crippen molar-refractivity contribution >= 4 is 5.97 Å². The van der Waals surface area contributed by atoms with Gasteiger partial charge in [0.25, 0.3) is 0 Å². The molecule has 1 aromatic carbocycles. The number of hydrogen-bond donors (Lipinski definition) is 1. The van der Waals surface area contributed by atoms with E-state index in [0.29, 0.717) is 25.2 Å². The molecule has 20 heavy (non-hydrogen) atoms. The molecular weight excluding hydrogens is 261 g/mol. The van der Waals surface area contributed by atoms with Crippen molar-refractivity contribution in [1.29, 1.82) is 0 Å². The number of rotatable bonds is 3. The van der Waals surface area contributed by atoms with Crippen LogP contribution in [0.25, 0.3) is 0 Å². The molecule has 0 aromatic heterocycles. The molecular formula is C15H20FNO3. The SMILES string of the molecule is CC1CN(Cc2cc(F)ccc2C(=O)O)CC(C)(C)O1. The highest BCUT2D eigenvalue weighted by Gasteiger charge is 2.31. The lowest BCUT2D eigenvalue weighted by atomic mass is 10.0. The number of morpholine rings is 1. The largest absolute Gasteiger partial charge is 0.478 e. The topological polar surface area (TPSA) is 49.8 Å². The van der Waals surface area contributed by atoms with Crippen LogP contribution in [-0.2, 0) is 11.3 Å². The second-order valence-electron chi connectivity index (χ2n) is 5.96. The number of nitrogens with zero attached hydrogens (tertiary/aromatic N) is 1. The van der Waals surface area contributed by atoms with E-state index in [-0.39, 0.29) is 17.3 Å². The van der Waals surface area contributed by atoms with E-state index in [4.69, 9.17) is 4.74 Å². The molecule has 0 saturated carbocycles. The molecule has 0 amide bonds. The Morgan fingerprint density at radius 3 is 2.85 bits per heavy atom. The van der Waals surface area contributed by atoms with Crippen LogP contribution in [-0.4, -0.2) is 40.8 Å². The molecule has 1 fully saturated rings. The second kappa shape index (κ2) is 5.50. The highest BCUT2D eigenvalue weighted by Crippen LogP contribution is 2.23. The predicted octanol–water partition coefficient (Wildman–Crippen LogP) is 2.52. The van der Waals surface area contributed by atoms with Gasteiger partial charge in [0, 0.05) is 19.6 Å². The number of ether oxygens (including phenoxy) is 1. The number of hydrogen-bond acceptors (Lipinski definition) is 3. The Bertz CT molecular complexity index is 516. The molecule has 0 radical (unpaired) electrons. The molecule has 110 valence electrons. The maximum Gasteiger partial charge on any atom is 0.336 e.